The van der Waals surface area contributed by atoms with Crippen molar-refractivity contribution in [1.82, 2.24) is 4.90 Å². The minimum absolute atomic E-state index is 0.0530. The molecule has 1 N–H and O–H groups in total. The summed E-state index contributed by atoms with van der Waals surface area (Å²) in [7, 11) is 3.20. The lowest BCUT2D eigenvalue weighted by Gasteiger charge is -2.31. The maximum absolute atomic E-state index is 13.2. The van der Waals surface area contributed by atoms with Gasteiger partial charge < -0.3 is 19.7 Å². The molecule has 0 aromatic heterocycles. The van der Waals surface area contributed by atoms with Crippen molar-refractivity contribution in [2.24, 2.45) is 0 Å². The van der Waals surface area contributed by atoms with E-state index in [1.54, 1.807) is 43.4 Å². The molecule has 2 amide bonds. The van der Waals surface area contributed by atoms with Crippen molar-refractivity contribution in [3.8, 4) is 11.5 Å². The van der Waals surface area contributed by atoms with E-state index in [-0.39, 0.29) is 17.9 Å². The SMILES string of the molecule is COc1cc2c(cc1OC)CN1C(=S)N(c3ccc(NC(C)=O)cc3)C(=O)[C@@H]1C2. The third kappa shape index (κ3) is 3.29. The van der Waals surface area contributed by atoms with Crippen LogP contribution in [0.3, 0.4) is 0 Å². The standard InChI is InChI=1S/C21H21N3O4S/c1-12(25)22-15-4-6-16(7-5-15)24-20(26)17-8-13-9-18(27-2)19(28-3)10-14(13)11-23(17)21(24)29/h4-7,9-10,17H,8,11H2,1-3H3,(H,22,25)/t17-/m0/s1. The zero-order chi connectivity index (χ0) is 20.7. The minimum atomic E-state index is -0.344. The second-order valence-corrected chi connectivity index (χ2v) is 7.37. The van der Waals surface area contributed by atoms with Gasteiger partial charge in [0, 0.05) is 25.6 Å². The third-order valence-electron chi connectivity index (χ3n) is 5.22. The van der Waals surface area contributed by atoms with Gasteiger partial charge in [0.05, 0.1) is 19.9 Å². The molecule has 1 saturated heterocycles. The smallest absolute Gasteiger partial charge is 0.256 e. The largest absolute Gasteiger partial charge is 0.493 e. The predicted molar refractivity (Wildman–Crippen MR) is 113 cm³/mol. The molecule has 0 bridgehead atoms. The summed E-state index contributed by atoms with van der Waals surface area (Å²) in [5.74, 6) is 1.11. The fourth-order valence-electron chi connectivity index (χ4n) is 3.84. The highest BCUT2D eigenvalue weighted by molar-refractivity contribution is 7.80. The molecule has 2 heterocycles. The maximum atomic E-state index is 13.2. The average Bonchev–Trinajstić information content (AvgIpc) is 2.95. The van der Waals surface area contributed by atoms with Crippen molar-refractivity contribution in [1.29, 1.82) is 0 Å². The van der Waals surface area contributed by atoms with Crippen molar-refractivity contribution in [2.75, 3.05) is 24.4 Å². The molecule has 8 heteroatoms. The number of thiocarbonyl (C=S) groups is 1. The molecule has 29 heavy (non-hydrogen) atoms. The Labute approximate surface area is 174 Å². The molecule has 1 fully saturated rings. The van der Waals surface area contributed by atoms with E-state index in [1.165, 1.54) is 6.92 Å². The van der Waals surface area contributed by atoms with E-state index in [1.807, 2.05) is 17.0 Å². The summed E-state index contributed by atoms with van der Waals surface area (Å²) >= 11 is 5.64. The lowest BCUT2D eigenvalue weighted by atomic mass is 9.94. The van der Waals surface area contributed by atoms with Crippen LogP contribution in [0.1, 0.15) is 18.1 Å². The van der Waals surface area contributed by atoms with E-state index in [0.29, 0.717) is 41.0 Å². The van der Waals surface area contributed by atoms with E-state index < -0.39 is 0 Å². The lowest BCUT2D eigenvalue weighted by molar-refractivity contribution is -0.120. The van der Waals surface area contributed by atoms with Gasteiger partial charge in [-0.05, 0) is 59.7 Å². The van der Waals surface area contributed by atoms with Gasteiger partial charge in [-0.25, -0.2) is 0 Å². The lowest BCUT2D eigenvalue weighted by Crippen LogP contribution is -2.40. The molecule has 0 saturated carbocycles. The Morgan fingerprint density at radius 3 is 2.31 bits per heavy atom. The molecule has 2 aromatic carbocycles. The predicted octanol–water partition coefficient (Wildman–Crippen LogP) is 2.72. The van der Waals surface area contributed by atoms with Gasteiger partial charge in [0.2, 0.25) is 5.91 Å². The number of methoxy groups -OCH3 is 2. The average molecular weight is 411 g/mol. The summed E-state index contributed by atoms with van der Waals surface area (Å²) in [5, 5.41) is 3.20. The van der Waals surface area contributed by atoms with Gasteiger partial charge in [0.1, 0.15) is 6.04 Å². The Morgan fingerprint density at radius 2 is 1.72 bits per heavy atom. The molecule has 150 valence electrons. The normalized spacial score (nSPS) is 17.7. The van der Waals surface area contributed by atoms with Crippen LogP contribution < -0.4 is 19.7 Å². The highest BCUT2D eigenvalue weighted by Gasteiger charge is 2.45. The number of carbonyl (C=O) groups excluding carboxylic acids is 2. The van der Waals surface area contributed by atoms with Gasteiger partial charge in [0.15, 0.2) is 16.6 Å². The first kappa shape index (κ1) is 19.2. The molecule has 2 aromatic rings. The first-order chi connectivity index (χ1) is 13.9. The van der Waals surface area contributed by atoms with Crippen molar-refractivity contribution in [2.45, 2.75) is 25.9 Å². The Balaban J connectivity index is 1.62. The van der Waals surface area contributed by atoms with Crippen molar-refractivity contribution >= 4 is 40.5 Å². The second kappa shape index (κ2) is 7.36. The number of carbonyl (C=O) groups is 2. The van der Waals surface area contributed by atoms with E-state index >= 15 is 0 Å². The number of rotatable bonds is 4. The Kier molecular flexibility index (Phi) is 4.87. The number of nitrogens with one attached hydrogen (secondary N) is 1. The molecule has 1 atom stereocenters. The minimum Gasteiger partial charge on any atom is -0.493 e. The van der Waals surface area contributed by atoms with Crippen LogP contribution in [0.5, 0.6) is 11.5 Å². The summed E-state index contributed by atoms with van der Waals surface area (Å²) in [5.41, 5.74) is 3.48. The Morgan fingerprint density at radius 1 is 1.10 bits per heavy atom. The molecule has 7 nitrogen and oxygen atoms in total. The molecule has 2 aliphatic rings. The van der Waals surface area contributed by atoms with Gasteiger partial charge in [-0.2, -0.15) is 0 Å². The number of fused-ring (bicyclic) bond motifs is 2. The number of anilines is 2. The summed E-state index contributed by atoms with van der Waals surface area (Å²) in [6.45, 7) is 1.98. The van der Waals surface area contributed by atoms with Crippen molar-refractivity contribution in [3.63, 3.8) is 0 Å². The van der Waals surface area contributed by atoms with Crippen LogP contribution in [-0.2, 0) is 22.6 Å². The number of benzene rings is 2. The molecule has 0 aliphatic carbocycles. The van der Waals surface area contributed by atoms with Crippen LogP contribution in [0.4, 0.5) is 11.4 Å². The first-order valence-corrected chi connectivity index (χ1v) is 9.59. The van der Waals surface area contributed by atoms with Gasteiger partial charge in [0.25, 0.3) is 5.91 Å². The molecular weight excluding hydrogens is 390 g/mol. The zero-order valence-electron chi connectivity index (χ0n) is 16.4. The number of amides is 2. The molecule has 2 aliphatic heterocycles. The fourth-order valence-corrected chi connectivity index (χ4v) is 4.23. The third-order valence-corrected chi connectivity index (χ3v) is 5.64. The Hall–Kier alpha value is -3.13. The van der Waals surface area contributed by atoms with Crippen LogP contribution in [0.25, 0.3) is 0 Å². The van der Waals surface area contributed by atoms with E-state index in [4.69, 9.17) is 21.7 Å². The van der Waals surface area contributed by atoms with Gasteiger partial charge in [-0.3, -0.25) is 14.5 Å². The van der Waals surface area contributed by atoms with Crippen LogP contribution in [0.2, 0.25) is 0 Å². The first-order valence-electron chi connectivity index (χ1n) is 9.19. The van der Waals surface area contributed by atoms with Crippen LogP contribution in [-0.4, -0.2) is 42.1 Å². The van der Waals surface area contributed by atoms with E-state index in [9.17, 15) is 9.59 Å². The summed E-state index contributed by atoms with van der Waals surface area (Å²) in [6, 6.07) is 10.6. The quantitative estimate of drug-likeness (QED) is 0.780. The highest BCUT2D eigenvalue weighted by atomic mass is 32.1. The van der Waals surface area contributed by atoms with Crippen LogP contribution in [0.15, 0.2) is 36.4 Å². The number of hydrogen-bond acceptors (Lipinski definition) is 5. The number of nitrogens with zero attached hydrogens (tertiary/aromatic N) is 2. The molecule has 0 spiro atoms. The van der Waals surface area contributed by atoms with Crippen molar-refractivity contribution in [3.05, 3.63) is 47.5 Å². The Bertz CT molecular complexity index is 955. The molecular formula is C21H21N3O4S. The number of hydrogen-bond donors (Lipinski definition) is 1. The summed E-state index contributed by atoms with van der Waals surface area (Å²) in [6.07, 6.45) is 0.551. The van der Waals surface area contributed by atoms with Crippen LogP contribution in [0, 0.1) is 0 Å². The highest BCUT2D eigenvalue weighted by Crippen LogP contribution is 2.38. The molecule has 0 radical (unpaired) electrons. The van der Waals surface area contributed by atoms with Crippen LogP contribution >= 0.6 is 12.2 Å². The fraction of sp³-hybridized carbons (Fsp3) is 0.286. The van der Waals surface area contributed by atoms with Gasteiger partial charge in [-0.1, -0.05) is 0 Å². The molecule has 4 rings (SSSR count). The summed E-state index contributed by atoms with van der Waals surface area (Å²) in [4.78, 5) is 27.9. The van der Waals surface area contributed by atoms with Gasteiger partial charge >= 0.3 is 0 Å². The second-order valence-electron chi connectivity index (χ2n) is 7.01. The maximum Gasteiger partial charge on any atom is 0.256 e. The van der Waals surface area contributed by atoms with E-state index in [2.05, 4.69) is 5.32 Å². The summed E-state index contributed by atoms with van der Waals surface area (Å²) < 4.78 is 10.8. The van der Waals surface area contributed by atoms with E-state index in [0.717, 1.165) is 11.1 Å². The van der Waals surface area contributed by atoms with Gasteiger partial charge in [-0.15, -0.1) is 0 Å². The molecule has 0 unspecified atom stereocenters. The zero-order valence-corrected chi connectivity index (χ0v) is 17.2. The monoisotopic (exact) mass is 411 g/mol. The number of ether oxygens (including phenoxy) is 2. The van der Waals surface area contributed by atoms with Crippen molar-refractivity contribution < 1.29 is 19.1 Å². The topological polar surface area (TPSA) is 71.1 Å².